The number of fused-ring (bicyclic) bond motifs is 1. The molecule has 0 spiro atoms. The third kappa shape index (κ3) is 2.89. The van der Waals surface area contributed by atoms with E-state index >= 15 is 0 Å². The number of para-hydroxylation sites is 1. The summed E-state index contributed by atoms with van der Waals surface area (Å²) in [6, 6.07) is 8.77. The second-order valence-electron chi connectivity index (χ2n) is 5.35. The molecule has 2 nitrogen and oxygen atoms in total. The Morgan fingerprint density at radius 1 is 1.21 bits per heavy atom. The number of nitrogens with zero attached hydrogens (tertiary/aromatic N) is 1. The first-order valence-electron chi connectivity index (χ1n) is 7.33. The normalized spacial score (nSPS) is 11.2. The van der Waals surface area contributed by atoms with Crippen molar-refractivity contribution in [3.8, 4) is 0 Å². The predicted octanol–water partition coefficient (Wildman–Crippen LogP) is 4.74. The molecule has 1 aromatic heterocycles. The molecule has 2 rings (SSSR count). The van der Waals surface area contributed by atoms with Gasteiger partial charge in [-0.1, -0.05) is 45.9 Å². The Kier molecular flexibility index (Phi) is 4.41. The fourth-order valence-electron chi connectivity index (χ4n) is 2.40. The summed E-state index contributed by atoms with van der Waals surface area (Å²) < 4.78 is 0. The number of rotatable bonds is 5. The lowest BCUT2D eigenvalue weighted by atomic mass is 9.98. The van der Waals surface area contributed by atoms with Crippen molar-refractivity contribution in [2.24, 2.45) is 0 Å². The largest absolute Gasteiger partial charge is 0.370 e. The molecule has 0 bridgehead atoms. The van der Waals surface area contributed by atoms with Gasteiger partial charge in [0.2, 0.25) is 0 Å². The van der Waals surface area contributed by atoms with Crippen molar-refractivity contribution in [1.29, 1.82) is 0 Å². The molecule has 0 unspecified atom stereocenters. The Labute approximate surface area is 116 Å². The first-order valence-corrected chi connectivity index (χ1v) is 7.33. The topological polar surface area (TPSA) is 24.9 Å². The molecule has 0 saturated heterocycles. The van der Waals surface area contributed by atoms with Crippen LogP contribution in [-0.4, -0.2) is 11.5 Å². The molecule has 0 aliphatic heterocycles. The highest BCUT2D eigenvalue weighted by Gasteiger charge is 2.10. The maximum atomic E-state index is 4.89. The molecular formula is C17H24N2. The Bertz CT molecular complexity index is 558. The van der Waals surface area contributed by atoms with Crippen LogP contribution in [0.5, 0.6) is 0 Å². The van der Waals surface area contributed by atoms with Crippen molar-refractivity contribution in [1.82, 2.24) is 4.98 Å². The van der Waals surface area contributed by atoms with Gasteiger partial charge in [0.05, 0.1) is 5.52 Å². The predicted molar refractivity (Wildman–Crippen MR) is 84.0 cm³/mol. The summed E-state index contributed by atoms with van der Waals surface area (Å²) in [5.41, 5.74) is 3.79. The van der Waals surface area contributed by atoms with E-state index in [1.807, 2.05) is 0 Å². The number of anilines is 1. The van der Waals surface area contributed by atoms with Gasteiger partial charge >= 0.3 is 0 Å². The van der Waals surface area contributed by atoms with Crippen LogP contribution >= 0.6 is 0 Å². The molecule has 0 aliphatic rings. The minimum absolute atomic E-state index is 0.503. The van der Waals surface area contributed by atoms with Crippen LogP contribution < -0.4 is 5.32 Å². The molecule has 2 heteroatoms. The van der Waals surface area contributed by atoms with Crippen molar-refractivity contribution < 1.29 is 0 Å². The van der Waals surface area contributed by atoms with E-state index in [0.29, 0.717) is 5.92 Å². The lowest BCUT2D eigenvalue weighted by Gasteiger charge is -2.14. The van der Waals surface area contributed by atoms with Crippen molar-refractivity contribution >= 4 is 16.7 Å². The number of nitrogens with one attached hydrogen (secondary N) is 1. The summed E-state index contributed by atoms with van der Waals surface area (Å²) in [6.45, 7) is 9.80. The zero-order chi connectivity index (χ0) is 13.8. The average molecular weight is 256 g/mol. The minimum Gasteiger partial charge on any atom is -0.370 e. The number of hydrogen-bond acceptors (Lipinski definition) is 2. The Morgan fingerprint density at radius 3 is 2.63 bits per heavy atom. The summed E-state index contributed by atoms with van der Waals surface area (Å²) in [5, 5.41) is 4.72. The molecular weight excluding hydrogens is 232 g/mol. The highest BCUT2D eigenvalue weighted by molar-refractivity contribution is 5.85. The molecule has 0 fully saturated rings. The number of aromatic nitrogens is 1. The molecule has 19 heavy (non-hydrogen) atoms. The van der Waals surface area contributed by atoms with Crippen LogP contribution in [0.3, 0.4) is 0 Å². The Balaban J connectivity index is 2.58. The maximum absolute atomic E-state index is 4.89. The number of hydrogen-bond donors (Lipinski definition) is 1. The van der Waals surface area contributed by atoms with Gasteiger partial charge < -0.3 is 5.32 Å². The van der Waals surface area contributed by atoms with Crippen molar-refractivity contribution in [3.05, 3.63) is 35.4 Å². The Hall–Kier alpha value is -1.57. The quantitative estimate of drug-likeness (QED) is 0.835. The van der Waals surface area contributed by atoms with E-state index in [4.69, 9.17) is 4.98 Å². The molecule has 1 N–H and O–H groups in total. The second kappa shape index (κ2) is 6.05. The monoisotopic (exact) mass is 256 g/mol. The fourth-order valence-corrected chi connectivity index (χ4v) is 2.40. The van der Waals surface area contributed by atoms with E-state index in [1.165, 1.54) is 16.5 Å². The lowest BCUT2D eigenvalue weighted by Crippen LogP contribution is -2.06. The van der Waals surface area contributed by atoms with Gasteiger partial charge in [-0.15, -0.1) is 0 Å². The first kappa shape index (κ1) is 13.9. The summed E-state index contributed by atoms with van der Waals surface area (Å²) in [5.74, 6) is 1.56. The summed E-state index contributed by atoms with van der Waals surface area (Å²) >= 11 is 0. The number of pyridine rings is 1. The van der Waals surface area contributed by atoms with Crippen molar-refractivity contribution in [2.45, 2.75) is 46.5 Å². The Morgan fingerprint density at radius 2 is 2.00 bits per heavy atom. The molecule has 0 radical (unpaired) electrons. The highest BCUT2D eigenvalue weighted by Crippen LogP contribution is 2.27. The number of aryl methyl sites for hydroxylation is 1. The third-order valence-corrected chi connectivity index (χ3v) is 3.50. The highest BCUT2D eigenvalue weighted by atomic mass is 15.0. The van der Waals surface area contributed by atoms with Gasteiger partial charge in [-0.05, 0) is 36.0 Å². The number of benzene rings is 1. The lowest BCUT2D eigenvalue weighted by molar-refractivity contribution is 0.872. The SMILES string of the molecule is CCCNc1nc2c(C(C)C)cccc2cc1CC. The van der Waals surface area contributed by atoms with Crippen molar-refractivity contribution in [3.63, 3.8) is 0 Å². The van der Waals surface area contributed by atoms with Crippen LogP contribution in [0, 0.1) is 0 Å². The van der Waals surface area contributed by atoms with Gasteiger partial charge in [-0.2, -0.15) is 0 Å². The van der Waals surface area contributed by atoms with Crippen LogP contribution in [0.2, 0.25) is 0 Å². The van der Waals surface area contributed by atoms with E-state index in [-0.39, 0.29) is 0 Å². The van der Waals surface area contributed by atoms with E-state index < -0.39 is 0 Å². The first-order chi connectivity index (χ1) is 9.17. The van der Waals surface area contributed by atoms with Crippen LogP contribution in [0.25, 0.3) is 10.9 Å². The zero-order valence-electron chi connectivity index (χ0n) is 12.5. The summed E-state index contributed by atoms with van der Waals surface area (Å²) in [4.78, 5) is 4.89. The fraction of sp³-hybridized carbons (Fsp3) is 0.471. The summed E-state index contributed by atoms with van der Waals surface area (Å²) in [7, 11) is 0. The molecule has 1 aromatic carbocycles. The van der Waals surface area contributed by atoms with Crippen LogP contribution in [0.15, 0.2) is 24.3 Å². The molecule has 0 aliphatic carbocycles. The third-order valence-electron chi connectivity index (χ3n) is 3.50. The van der Waals surface area contributed by atoms with Crippen LogP contribution in [0.4, 0.5) is 5.82 Å². The standard InChI is InChI=1S/C17H24N2/c1-5-10-18-17-13(6-2)11-14-8-7-9-15(12(3)4)16(14)19-17/h7-9,11-12H,5-6,10H2,1-4H3,(H,18,19). The second-order valence-corrected chi connectivity index (χ2v) is 5.35. The molecule has 1 heterocycles. The van der Waals surface area contributed by atoms with E-state index in [0.717, 1.165) is 30.7 Å². The molecule has 102 valence electrons. The smallest absolute Gasteiger partial charge is 0.129 e. The minimum atomic E-state index is 0.503. The molecule has 2 aromatic rings. The van der Waals surface area contributed by atoms with E-state index in [1.54, 1.807) is 0 Å². The van der Waals surface area contributed by atoms with Gasteiger partial charge in [0.1, 0.15) is 5.82 Å². The average Bonchev–Trinajstić information content (AvgIpc) is 2.43. The van der Waals surface area contributed by atoms with Gasteiger partial charge in [-0.25, -0.2) is 4.98 Å². The van der Waals surface area contributed by atoms with Gasteiger partial charge in [0, 0.05) is 11.9 Å². The van der Waals surface area contributed by atoms with Gasteiger partial charge in [0.15, 0.2) is 0 Å². The molecule has 0 atom stereocenters. The van der Waals surface area contributed by atoms with Gasteiger partial charge in [-0.3, -0.25) is 0 Å². The summed E-state index contributed by atoms with van der Waals surface area (Å²) in [6.07, 6.45) is 2.13. The van der Waals surface area contributed by atoms with Crippen LogP contribution in [-0.2, 0) is 6.42 Å². The van der Waals surface area contributed by atoms with E-state index in [9.17, 15) is 0 Å². The van der Waals surface area contributed by atoms with Crippen molar-refractivity contribution in [2.75, 3.05) is 11.9 Å². The van der Waals surface area contributed by atoms with Crippen LogP contribution in [0.1, 0.15) is 51.2 Å². The molecule has 0 amide bonds. The maximum Gasteiger partial charge on any atom is 0.129 e. The van der Waals surface area contributed by atoms with Gasteiger partial charge in [0.25, 0.3) is 0 Å². The zero-order valence-corrected chi connectivity index (χ0v) is 12.5. The molecule has 0 saturated carbocycles. The van der Waals surface area contributed by atoms with E-state index in [2.05, 4.69) is 57.3 Å².